The van der Waals surface area contributed by atoms with Gasteiger partial charge in [-0.15, -0.1) is 0 Å². The lowest BCUT2D eigenvalue weighted by atomic mass is 10.1. The highest BCUT2D eigenvalue weighted by molar-refractivity contribution is 7.80. The zero-order chi connectivity index (χ0) is 28.4. The van der Waals surface area contributed by atoms with Crippen LogP contribution < -0.4 is 20.7 Å². The molecule has 0 aliphatic heterocycles. The van der Waals surface area contributed by atoms with E-state index in [1.165, 1.54) is 24.4 Å². The lowest BCUT2D eigenvalue weighted by Gasteiger charge is -2.23. The van der Waals surface area contributed by atoms with Crippen LogP contribution in [0.3, 0.4) is 0 Å². The highest BCUT2D eigenvalue weighted by atomic mass is 32.1. The Morgan fingerprint density at radius 1 is 1.00 bits per heavy atom. The second-order valence-corrected chi connectivity index (χ2v) is 8.65. The van der Waals surface area contributed by atoms with E-state index in [-0.39, 0.29) is 23.2 Å². The number of thiocarbonyl (C=S) groups is 1. The Kier molecular flexibility index (Phi) is 7.67. The molecule has 14 heteroatoms. The van der Waals surface area contributed by atoms with Crippen LogP contribution in [-0.4, -0.2) is 27.1 Å². The molecule has 7 nitrogen and oxygen atoms in total. The van der Waals surface area contributed by atoms with E-state index in [2.05, 4.69) is 20.3 Å². The van der Waals surface area contributed by atoms with E-state index in [9.17, 15) is 26.3 Å². The number of nitrogens with two attached hydrogens (primary N) is 1. The van der Waals surface area contributed by atoms with E-state index in [0.717, 1.165) is 12.1 Å². The average molecular weight is 567 g/mol. The zero-order valence-corrected chi connectivity index (χ0v) is 20.9. The predicted octanol–water partition coefficient (Wildman–Crippen LogP) is 6.50. The van der Waals surface area contributed by atoms with E-state index in [1.807, 2.05) is 0 Å². The number of halogens is 6. The van der Waals surface area contributed by atoms with Crippen LogP contribution in [0.2, 0.25) is 0 Å². The Morgan fingerprint density at radius 2 is 1.72 bits per heavy atom. The molecule has 0 aliphatic carbocycles. The molecule has 2 aromatic heterocycles. The third kappa shape index (κ3) is 6.76. The predicted molar refractivity (Wildman–Crippen MR) is 138 cm³/mol. The van der Waals surface area contributed by atoms with Crippen LogP contribution >= 0.6 is 12.2 Å². The molecule has 0 amide bonds. The Morgan fingerprint density at radius 3 is 2.33 bits per heavy atom. The van der Waals surface area contributed by atoms with Gasteiger partial charge in [0.15, 0.2) is 10.9 Å². The van der Waals surface area contributed by atoms with Crippen LogP contribution in [0.5, 0.6) is 5.75 Å². The molecule has 0 aliphatic rings. The van der Waals surface area contributed by atoms with E-state index in [4.69, 9.17) is 22.7 Å². The summed E-state index contributed by atoms with van der Waals surface area (Å²) in [4.78, 5) is 11.5. The van der Waals surface area contributed by atoms with Gasteiger partial charge in [-0.3, -0.25) is 4.98 Å². The number of aromatic amines is 1. The van der Waals surface area contributed by atoms with Crippen LogP contribution in [0.4, 0.5) is 43.4 Å². The van der Waals surface area contributed by atoms with Crippen LogP contribution in [0.1, 0.15) is 16.8 Å². The first-order valence-electron chi connectivity index (χ1n) is 11.1. The van der Waals surface area contributed by atoms with Gasteiger partial charge < -0.3 is 25.7 Å². The smallest absolute Gasteiger partial charge is 0.432 e. The van der Waals surface area contributed by atoms with Gasteiger partial charge in [0.2, 0.25) is 0 Å². The Labute approximate surface area is 223 Å². The van der Waals surface area contributed by atoms with Gasteiger partial charge in [-0.05, 0) is 60.2 Å². The number of aromatic nitrogens is 3. The number of ether oxygens (including phenoxy) is 1. The van der Waals surface area contributed by atoms with Crippen LogP contribution in [0, 0.1) is 0 Å². The molecule has 4 rings (SSSR count). The lowest BCUT2D eigenvalue weighted by Crippen LogP contribution is -2.31. The van der Waals surface area contributed by atoms with Gasteiger partial charge in [0.25, 0.3) is 0 Å². The summed E-state index contributed by atoms with van der Waals surface area (Å²) in [5.41, 5.74) is 6.61. The molecule has 2 heterocycles. The summed E-state index contributed by atoms with van der Waals surface area (Å²) in [5, 5.41) is 3.08. The van der Waals surface area contributed by atoms with Gasteiger partial charge in [-0.25, -0.2) is 4.98 Å². The fourth-order valence-electron chi connectivity index (χ4n) is 3.45. The third-order valence-corrected chi connectivity index (χ3v) is 5.86. The number of imidazole rings is 1. The molecule has 0 atom stereocenters. The number of hydrogen-bond acceptors (Lipinski definition) is 5. The van der Waals surface area contributed by atoms with Gasteiger partial charge >= 0.3 is 12.4 Å². The molecule has 0 fully saturated rings. The summed E-state index contributed by atoms with van der Waals surface area (Å²) in [6, 6.07) is 12.6. The number of pyridine rings is 1. The minimum absolute atomic E-state index is 0.0507. The number of rotatable bonds is 6. The van der Waals surface area contributed by atoms with E-state index >= 15 is 0 Å². The normalized spacial score (nSPS) is 11.8. The number of nitrogens with zero attached hydrogens (tertiary/aromatic N) is 3. The van der Waals surface area contributed by atoms with Crippen molar-refractivity contribution in [2.24, 2.45) is 0 Å². The first kappa shape index (κ1) is 27.7. The molecule has 0 unspecified atom stereocenters. The van der Waals surface area contributed by atoms with Crippen molar-refractivity contribution in [2.45, 2.75) is 19.0 Å². The van der Waals surface area contributed by atoms with Crippen molar-refractivity contribution in [3.8, 4) is 17.3 Å². The van der Waals surface area contributed by atoms with E-state index < -0.39 is 23.6 Å². The zero-order valence-electron chi connectivity index (χ0n) is 20.1. The first-order chi connectivity index (χ1) is 18.3. The van der Waals surface area contributed by atoms with Gasteiger partial charge in [-0.1, -0.05) is 6.07 Å². The summed E-state index contributed by atoms with van der Waals surface area (Å²) < 4.78 is 82.5. The van der Waals surface area contributed by atoms with Crippen molar-refractivity contribution >= 4 is 34.4 Å². The monoisotopic (exact) mass is 566 g/mol. The summed E-state index contributed by atoms with van der Waals surface area (Å²) in [6.45, 7) is 0.0951. The lowest BCUT2D eigenvalue weighted by molar-refractivity contribution is -0.141. The Bertz CT molecular complexity index is 1470. The van der Waals surface area contributed by atoms with Gasteiger partial charge in [-0.2, -0.15) is 26.3 Å². The highest BCUT2D eigenvalue weighted by Crippen LogP contribution is 2.31. The SMILES string of the molecule is CN(C(=S)Nc1ccc(C(F)(F)F)cc1)c1ccc(COc2ccnc(-c3ncc(C(F)(F)F)[nH]3)c2)cc1N. The molecule has 0 spiro atoms. The van der Waals surface area contributed by atoms with Crippen LogP contribution in [0.15, 0.2) is 67.0 Å². The molecule has 4 aromatic rings. The maximum absolute atomic E-state index is 12.8. The molecule has 0 saturated heterocycles. The second kappa shape index (κ2) is 10.8. The number of benzene rings is 2. The summed E-state index contributed by atoms with van der Waals surface area (Å²) in [6.07, 6.45) is -6.91. The van der Waals surface area contributed by atoms with Crippen LogP contribution in [0.25, 0.3) is 11.5 Å². The number of hydrogen-bond donors (Lipinski definition) is 3. The van der Waals surface area contributed by atoms with Gasteiger partial charge in [0, 0.05) is 25.0 Å². The fourth-order valence-corrected chi connectivity index (χ4v) is 3.67. The van der Waals surface area contributed by atoms with Crippen molar-refractivity contribution in [1.29, 1.82) is 0 Å². The van der Waals surface area contributed by atoms with Gasteiger partial charge in [0.1, 0.15) is 23.7 Å². The molecule has 39 heavy (non-hydrogen) atoms. The maximum Gasteiger partial charge on any atom is 0.432 e. The summed E-state index contributed by atoms with van der Waals surface area (Å²) >= 11 is 5.37. The maximum atomic E-state index is 12.8. The largest absolute Gasteiger partial charge is 0.489 e. The molecule has 0 saturated carbocycles. The second-order valence-electron chi connectivity index (χ2n) is 8.27. The minimum Gasteiger partial charge on any atom is -0.489 e. The Balaban J connectivity index is 1.39. The topological polar surface area (TPSA) is 92.1 Å². The number of alkyl halides is 6. The summed E-state index contributed by atoms with van der Waals surface area (Å²) in [7, 11) is 1.65. The number of H-pyrrole nitrogens is 1. The molecule has 0 radical (unpaired) electrons. The standard InChI is InChI=1S/C25H20F6N6OS/c1-37(23(39)35-16-5-3-15(4-6-16)24(26,27)28)20-7-2-14(10-18(20)32)13-38-17-8-9-33-19(11-17)22-34-12-21(36-22)25(29,30)31/h2-12H,13,32H2,1H3,(H,34,36)(H,35,39). The van der Waals surface area contributed by atoms with Gasteiger partial charge in [0.05, 0.1) is 23.1 Å². The van der Waals surface area contributed by atoms with Crippen molar-refractivity contribution < 1.29 is 31.1 Å². The number of nitrogen functional groups attached to an aromatic ring is 1. The summed E-state index contributed by atoms with van der Waals surface area (Å²) in [5.74, 6) is 0.303. The molecule has 204 valence electrons. The van der Waals surface area contributed by atoms with Crippen molar-refractivity contribution in [2.75, 3.05) is 23.0 Å². The molecule has 2 aromatic carbocycles. The molecular weight excluding hydrogens is 546 g/mol. The third-order valence-electron chi connectivity index (χ3n) is 5.48. The highest BCUT2D eigenvalue weighted by Gasteiger charge is 2.33. The number of anilines is 3. The van der Waals surface area contributed by atoms with E-state index in [1.54, 1.807) is 36.2 Å². The number of nitrogens with one attached hydrogen (secondary N) is 2. The fraction of sp³-hybridized carbons (Fsp3) is 0.160. The first-order valence-corrected chi connectivity index (χ1v) is 11.5. The Hall–Kier alpha value is -4.33. The molecule has 0 bridgehead atoms. The quantitative estimate of drug-likeness (QED) is 0.139. The van der Waals surface area contributed by atoms with Crippen LogP contribution in [-0.2, 0) is 19.0 Å². The molecule has 4 N–H and O–H groups in total. The van der Waals surface area contributed by atoms with Crippen molar-refractivity contribution in [1.82, 2.24) is 15.0 Å². The average Bonchev–Trinajstić information content (AvgIpc) is 3.38. The van der Waals surface area contributed by atoms with Crippen molar-refractivity contribution in [3.05, 3.63) is 83.8 Å². The minimum atomic E-state index is -4.55. The molecular formula is C25H20F6N6OS. The van der Waals surface area contributed by atoms with E-state index in [0.29, 0.717) is 34.6 Å². The van der Waals surface area contributed by atoms with Crippen molar-refractivity contribution in [3.63, 3.8) is 0 Å².